The molecule has 0 aliphatic heterocycles. The minimum Gasteiger partial charge on any atom is -0.223 e. The zero-order chi connectivity index (χ0) is 13.5. The van der Waals surface area contributed by atoms with Gasteiger partial charge in [-0.3, -0.25) is 0 Å². The fourth-order valence-corrected chi connectivity index (χ4v) is 4.55. The molecule has 1 saturated carbocycles. The van der Waals surface area contributed by atoms with Gasteiger partial charge in [-0.15, -0.1) is 0 Å². The molecule has 2 aromatic rings. The van der Waals surface area contributed by atoms with Crippen molar-refractivity contribution in [2.24, 2.45) is 0 Å². The maximum Gasteiger partial charge on any atom is 0.181 e. The van der Waals surface area contributed by atoms with Crippen molar-refractivity contribution in [1.82, 2.24) is 0 Å². The minimum absolute atomic E-state index is 0.159. The molecule has 19 heavy (non-hydrogen) atoms. The van der Waals surface area contributed by atoms with Crippen LogP contribution in [0.25, 0.3) is 0 Å². The molecule has 1 aliphatic carbocycles. The molecule has 1 aliphatic rings. The summed E-state index contributed by atoms with van der Waals surface area (Å²) in [6, 6.07) is 17.1. The van der Waals surface area contributed by atoms with Crippen LogP contribution >= 0.6 is 0 Å². The largest absolute Gasteiger partial charge is 0.223 e. The molecule has 3 rings (SSSR count). The lowest BCUT2D eigenvalue weighted by atomic mass is 10.1. The van der Waals surface area contributed by atoms with E-state index in [2.05, 4.69) is 0 Å². The fraction of sp³-hybridized carbons (Fsp3) is 0.250. The first-order chi connectivity index (χ1) is 9.09. The van der Waals surface area contributed by atoms with Gasteiger partial charge in [0.1, 0.15) is 0 Å². The molecule has 3 heteroatoms. The van der Waals surface area contributed by atoms with Crippen LogP contribution in [0.15, 0.2) is 59.5 Å². The SMILES string of the molecule is Cc1cccc(S(=O)(=O)[C@H]2C[C@H]2c2ccccc2)c1. The number of sulfone groups is 1. The molecule has 0 aromatic heterocycles. The van der Waals surface area contributed by atoms with Gasteiger partial charge in [-0.05, 0) is 36.6 Å². The minimum atomic E-state index is -3.19. The van der Waals surface area contributed by atoms with Gasteiger partial charge >= 0.3 is 0 Å². The van der Waals surface area contributed by atoms with Crippen LogP contribution in [0, 0.1) is 6.92 Å². The van der Waals surface area contributed by atoms with E-state index in [0.717, 1.165) is 17.5 Å². The number of hydrogen-bond donors (Lipinski definition) is 0. The van der Waals surface area contributed by atoms with Crippen LogP contribution < -0.4 is 0 Å². The quantitative estimate of drug-likeness (QED) is 0.859. The molecule has 1 fully saturated rings. The Morgan fingerprint density at radius 1 is 1.00 bits per heavy atom. The predicted molar refractivity (Wildman–Crippen MR) is 76.0 cm³/mol. The number of benzene rings is 2. The first-order valence-corrected chi connectivity index (χ1v) is 7.99. The molecule has 2 aromatic carbocycles. The summed E-state index contributed by atoms with van der Waals surface area (Å²) in [6.07, 6.45) is 0.736. The predicted octanol–water partition coefficient (Wildman–Crippen LogP) is 3.32. The van der Waals surface area contributed by atoms with E-state index in [-0.39, 0.29) is 11.2 Å². The summed E-state index contributed by atoms with van der Waals surface area (Å²) < 4.78 is 25.1. The molecule has 0 amide bonds. The first kappa shape index (κ1) is 12.4. The average molecular weight is 272 g/mol. The Morgan fingerprint density at radius 2 is 1.74 bits per heavy atom. The van der Waals surface area contributed by atoms with Crippen LogP contribution in [0.5, 0.6) is 0 Å². The van der Waals surface area contributed by atoms with Gasteiger partial charge in [0.05, 0.1) is 10.1 Å². The van der Waals surface area contributed by atoms with Crippen molar-refractivity contribution in [3.63, 3.8) is 0 Å². The maximum absolute atomic E-state index is 12.5. The van der Waals surface area contributed by atoms with Gasteiger partial charge in [0.25, 0.3) is 0 Å². The van der Waals surface area contributed by atoms with Crippen LogP contribution in [0.3, 0.4) is 0 Å². The van der Waals surface area contributed by atoms with Gasteiger partial charge in [0.15, 0.2) is 9.84 Å². The highest BCUT2D eigenvalue weighted by Gasteiger charge is 2.48. The summed E-state index contributed by atoms with van der Waals surface area (Å²) >= 11 is 0. The highest BCUT2D eigenvalue weighted by Crippen LogP contribution is 2.47. The number of aryl methyl sites for hydroxylation is 1. The Bertz CT molecular complexity index is 690. The van der Waals surface area contributed by atoms with Gasteiger partial charge in [0, 0.05) is 5.92 Å². The molecule has 0 unspecified atom stereocenters. The molecule has 2 nitrogen and oxygen atoms in total. The lowest BCUT2D eigenvalue weighted by Crippen LogP contribution is -2.09. The molecular formula is C16H16O2S. The molecule has 0 heterocycles. The Balaban J connectivity index is 1.88. The van der Waals surface area contributed by atoms with E-state index in [1.165, 1.54) is 0 Å². The van der Waals surface area contributed by atoms with E-state index in [0.29, 0.717) is 4.90 Å². The van der Waals surface area contributed by atoms with E-state index >= 15 is 0 Å². The molecular weight excluding hydrogens is 256 g/mol. The second-order valence-corrected chi connectivity index (χ2v) is 7.32. The number of hydrogen-bond acceptors (Lipinski definition) is 2. The van der Waals surface area contributed by atoms with Gasteiger partial charge < -0.3 is 0 Å². The molecule has 0 N–H and O–H groups in total. The van der Waals surface area contributed by atoms with Crippen molar-refractivity contribution >= 4 is 9.84 Å². The fourth-order valence-electron chi connectivity index (χ4n) is 2.53. The Kier molecular flexibility index (Phi) is 2.94. The lowest BCUT2D eigenvalue weighted by molar-refractivity contribution is 0.594. The van der Waals surface area contributed by atoms with E-state index in [1.807, 2.05) is 49.4 Å². The van der Waals surface area contributed by atoms with E-state index in [1.54, 1.807) is 12.1 Å². The van der Waals surface area contributed by atoms with Crippen LogP contribution in [0.2, 0.25) is 0 Å². The van der Waals surface area contributed by atoms with Crippen LogP contribution in [0.1, 0.15) is 23.5 Å². The maximum atomic E-state index is 12.5. The van der Waals surface area contributed by atoms with Gasteiger partial charge in [-0.2, -0.15) is 0 Å². The van der Waals surface area contributed by atoms with Crippen molar-refractivity contribution in [2.45, 2.75) is 29.4 Å². The second kappa shape index (κ2) is 4.49. The third kappa shape index (κ3) is 2.30. The summed E-state index contributed by atoms with van der Waals surface area (Å²) in [6.45, 7) is 1.92. The zero-order valence-electron chi connectivity index (χ0n) is 10.8. The normalized spacial score (nSPS) is 22.2. The summed E-state index contributed by atoms with van der Waals surface area (Å²) in [5, 5.41) is -0.253. The standard InChI is InChI=1S/C16H16O2S/c1-12-6-5-9-14(10-12)19(17,18)16-11-15(16)13-7-3-2-4-8-13/h2-10,15-16H,11H2,1H3/t15-,16-/m0/s1. The van der Waals surface area contributed by atoms with Gasteiger partial charge in [-0.25, -0.2) is 8.42 Å². The summed E-state index contributed by atoms with van der Waals surface area (Å²) in [4.78, 5) is 0.455. The zero-order valence-corrected chi connectivity index (χ0v) is 11.6. The Hall–Kier alpha value is -1.61. The molecule has 0 radical (unpaired) electrons. The smallest absolute Gasteiger partial charge is 0.181 e. The van der Waals surface area contributed by atoms with Crippen molar-refractivity contribution < 1.29 is 8.42 Å². The van der Waals surface area contributed by atoms with E-state index < -0.39 is 9.84 Å². The number of rotatable bonds is 3. The summed E-state index contributed by atoms with van der Waals surface area (Å²) in [5.41, 5.74) is 2.11. The highest BCUT2D eigenvalue weighted by atomic mass is 32.2. The summed E-state index contributed by atoms with van der Waals surface area (Å²) in [5.74, 6) is 0.159. The molecule has 0 spiro atoms. The monoisotopic (exact) mass is 272 g/mol. The van der Waals surface area contributed by atoms with Crippen molar-refractivity contribution in [3.05, 3.63) is 65.7 Å². The summed E-state index contributed by atoms with van der Waals surface area (Å²) in [7, 11) is -3.19. The average Bonchev–Trinajstić information content (AvgIpc) is 3.21. The molecule has 2 atom stereocenters. The lowest BCUT2D eigenvalue weighted by Gasteiger charge is -2.05. The van der Waals surface area contributed by atoms with Crippen molar-refractivity contribution in [1.29, 1.82) is 0 Å². The van der Waals surface area contributed by atoms with E-state index in [9.17, 15) is 8.42 Å². The molecule has 0 bridgehead atoms. The van der Waals surface area contributed by atoms with Crippen LogP contribution in [0.4, 0.5) is 0 Å². The highest BCUT2D eigenvalue weighted by molar-refractivity contribution is 7.92. The molecule has 98 valence electrons. The third-order valence-corrected chi connectivity index (χ3v) is 5.91. The van der Waals surface area contributed by atoms with E-state index in [4.69, 9.17) is 0 Å². The van der Waals surface area contributed by atoms with Crippen molar-refractivity contribution in [3.8, 4) is 0 Å². The topological polar surface area (TPSA) is 34.1 Å². The third-order valence-electron chi connectivity index (χ3n) is 3.68. The van der Waals surface area contributed by atoms with Crippen LogP contribution in [-0.2, 0) is 9.84 Å². The first-order valence-electron chi connectivity index (χ1n) is 6.44. The van der Waals surface area contributed by atoms with Gasteiger partial charge in [-0.1, -0.05) is 42.5 Å². The second-order valence-electron chi connectivity index (χ2n) is 5.15. The Morgan fingerprint density at radius 3 is 2.42 bits per heavy atom. The Labute approximate surface area is 114 Å². The van der Waals surface area contributed by atoms with Crippen LogP contribution in [-0.4, -0.2) is 13.7 Å². The van der Waals surface area contributed by atoms with Gasteiger partial charge in [0.2, 0.25) is 0 Å². The molecule has 0 saturated heterocycles. The van der Waals surface area contributed by atoms with Crippen molar-refractivity contribution in [2.75, 3.05) is 0 Å².